The highest BCUT2D eigenvalue weighted by Crippen LogP contribution is 2.36. The van der Waals surface area contributed by atoms with E-state index in [1.807, 2.05) is 6.07 Å². The summed E-state index contributed by atoms with van der Waals surface area (Å²) in [6.45, 7) is 0. The first-order valence-corrected chi connectivity index (χ1v) is 5.52. The summed E-state index contributed by atoms with van der Waals surface area (Å²) >= 11 is 6.06. The molecule has 1 aromatic rings. The van der Waals surface area contributed by atoms with Crippen LogP contribution in [0.15, 0.2) is 18.5 Å². The lowest BCUT2D eigenvalue weighted by Gasteiger charge is -2.19. The summed E-state index contributed by atoms with van der Waals surface area (Å²) in [7, 11) is 0. The van der Waals surface area contributed by atoms with Gasteiger partial charge in [-0.3, -0.25) is 4.98 Å². The molecule has 2 N–H and O–H groups in total. The first kappa shape index (κ1) is 12.8. The first-order valence-electron chi connectivity index (χ1n) is 5.14. The summed E-state index contributed by atoms with van der Waals surface area (Å²) in [5, 5.41) is 0.701. The van der Waals surface area contributed by atoms with Crippen LogP contribution in [0.4, 0.5) is 0 Å². The molecule has 1 heterocycles. The molecule has 1 aromatic heterocycles. The van der Waals surface area contributed by atoms with Gasteiger partial charge >= 0.3 is 0 Å². The largest absolute Gasteiger partial charge is 0.324 e. The van der Waals surface area contributed by atoms with Crippen LogP contribution in [0.2, 0.25) is 5.02 Å². The fourth-order valence-corrected chi connectivity index (χ4v) is 2.47. The predicted octanol–water partition coefficient (Wildman–Crippen LogP) is 3.35. The van der Waals surface area contributed by atoms with Crippen molar-refractivity contribution < 1.29 is 0 Å². The Morgan fingerprint density at radius 2 is 2.07 bits per heavy atom. The van der Waals surface area contributed by atoms with Gasteiger partial charge in [0.2, 0.25) is 0 Å². The number of pyridine rings is 1. The maximum atomic E-state index is 6.19. The van der Waals surface area contributed by atoms with Crippen LogP contribution in [0.5, 0.6) is 0 Å². The molecule has 1 aliphatic rings. The topological polar surface area (TPSA) is 38.9 Å². The SMILES string of the molecule is Cl.N[C@H](c1ccncc1Cl)C1CCCC1. The molecule has 0 bridgehead atoms. The van der Waals surface area contributed by atoms with E-state index >= 15 is 0 Å². The highest BCUT2D eigenvalue weighted by Gasteiger charge is 2.24. The quantitative estimate of drug-likeness (QED) is 0.870. The van der Waals surface area contributed by atoms with Gasteiger partial charge in [-0.05, 0) is 30.4 Å². The van der Waals surface area contributed by atoms with Gasteiger partial charge in [0.15, 0.2) is 0 Å². The second-order valence-electron chi connectivity index (χ2n) is 3.97. The molecule has 0 aliphatic heterocycles. The van der Waals surface area contributed by atoms with Crippen LogP contribution in [0.25, 0.3) is 0 Å². The van der Waals surface area contributed by atoms with Gasteiger partial charge < -0.3 is 5.73 Å². The third-order valence-electron chi connectivity index (χ3n) is 3.07. The van der Waals surface area contributed by atoms with Gasteiger partial charge in [-0.15, -0.1) is 12.4 Å². The van der Waals surface area contributed by atoms with Crippen LogP contribution in [0.3, 0.4) is 0 Å². The van der Waals surface area contributed by atoms with Gasteiger partial charge in [-0.2, -0.15) is 0 Å². The molecule has 2 rings (SSSR count). The molecule has 0 radical (unpaired) electrons. The van der Waals surface area contributed by atoms with E-state index in [9.17, 15) is 0 Å². The zero-order chi connectivity index (χ0) is 9.97. The third kappa shape index (κ3) is 2.83. The molecule has 1 saturated carbocycles. The maximum absolute atomic E-state index is 6.19. The lowest BCUT2D eigenvalue weighted by molar-refractivity contribution is 0.445. The van der Waals surface area contributed by atoms with E-state index in [1.165, 1.54) is 25.7 Å². The van der Waals surface area contributed by atoms with Crippen molar-refractivity contribution in [1.29, 1.82) is 0 Å². The molecule has 1 aliphatic carbocycles. The summed E-state index contributed by atoms with van der Waals surface area (Å²) in [5.41, 5.74) is 7.24. The third-order valence-corrected chi connectivity index (χ3v) is 3.39. The fraction of sp³-hybridized carbons (Fsp3) is 0.545. The van der Waals surface area contributed by atoms with Gasteiger partial charge in [0.1, 0.15) is 0 Å². The Hall–Kier alpha value is -0.310. The number of rotatable bonds is 2. The maximum Gasteiger partial charge on any atom is 0.0637 e. The summed E-state index contributed by atoms with van der Waals surface area (Å²) in [5.74, 6) is 0.606. The van der Waals surface area contributed by atoms with Gasteiger partial charge in [0.25, 0.3) is 0 Å². The Morgan fingerprint density at radius 3 is 2.67 bits per heavy atom. The Labute approximate surface area is 102 Å². The van der Waals surface area contributed by atoms with Gasteiger partial charge in [-0.1, -0.05) is 24.4 Å². The van der Waals surface area contributed by atoms with Crippen molar-refractivity contribution >= 4 is 24.0 Å². The highest BCUT2D eigenvalue weighted by molar-refractivity contribution is 6.31. The second kappa shape index (κ2) is 5.69. The Balaban J connectivity index is 0.00000112. The molecule has 0 saturated heterocycles. The van der Waals surface area contributed by atoms with Gasteiger partial charge in [0, 0.05) is 18.4 Å². The summed E-state index contributed by atoms with van der Waals surface area (Å²) < 4.78 is 0. The van der Waals surface area contributed by atoms with E-state index in [2.05, 4.69) is 4.98 Å². The van der Waals surface area contributed by atoms with E-state index in [0.717, 1.165) is 5.56 Å². The molecule has 4 heteroatoms. The van der Waals surface area contributed by atoms with E-state index in [0.29, 0.717) is 10.9 Å². The Bertz CT molecular complexity index is 311. The van der Waals surface area contributed by atoms with Crippen LogP contribution in [0.1, 0.15) is 37.3 Å². The van der Waals surface area contributed by atoms with Crippen molar-refractivity contribution in [2.24, 2.45) is 11.7 Å². The lowest BCUT2D eigenvalue weighted by Crippen LogP contribution is -2.19. The smallest absolute Gasteiger partial charge is 0.0637 e. The van der Waals surface area contributed by atoms with Crippen molar-refractivity contribution in [2.45, 2.75) is 31.7 Å². The molecule has 2 nitrogen and oxygen atoms in total. The Morgan fingerprint density at radius 1 is 1.40 bits per heavy atom. The van der Waals surface area contributed by atoms with E-state index in [4.69, 9.17) is 17.3 Å². The zero-order valence-electron chi connectivity index (χ0n) is 8.53. The number of halogens is 2. The Kier molecular flexibility index (Phi) is 4.84. The molecule has 0 unspecified atom stereocenters. The van der Waals surface area contributed by atoms with Crippen molar-refractivity contribution in [3.63, 3.8) is 0 Å². The molecule has 0 amide bonds. The normalized spacial score (nSPS) is 18.5. The molecule has 0 spiro atoms. The monoisotopic (exact) mass is 246 g/mol. The predicted molar refractivity (Wildman–Crippen MR) is 65.4 cm³/mol. The molecule has 84 valence electrons. The minimum Gasteiger partial charge on any atom is -0.324 e. The average Bonchev–Trinajstić information content (AvgIpc) is 2.70. The van der Waals surface area contributed by atoms with Crippen LogP contribution in [-0.4, -0.2) is 4.98 Å². The van der Waals surface area contributed by atoms with Crippen LogP contribution in [-0.2, 0) is 0 Å². The number of nitrogens with two attached hydrogens (primary N) is 1. The average molecular weight is 247 g/mol. The molecular formula is C11H16Cl2N2. The minimum absolute atomic E-state index is 0. The van der Waals surface area contributed by atoms with Crippen molar-refractivity contribution in [3.8, 4) is 0 Å². The number of hydrogen-bond donors (Lipinski definition) is 1. The standard InChI is InChI=1S/C11H15ClN2.ClH/c12-10-7-14-6-5-9(10)11(13)8-3-1-2-4-8;/h5-8,11H,1-4,13H2;1H/t11-;/m0./s1. The summed E-state index contributed by atoms with van der Waals surface area (Å²) in [6, 6.07) is 2.03. The van der Waals surface area contributed by atoms with Crippen molar-refractivity contribution in [2.75, 3.05) is 0 Å². The molecule has 1 atom stereocenters. The van der Waals surface area contributed by atoms with Crippen LogP contribution >= 0.6 is 24.0 Å². The van der Waals surface area contributed by atoms with Gasteiger partial charge in [-0.25, -0.2) is 0 Å². The molecule has 15 heavy (non-hydrogen) atoms. The van der Waals surface area contributed by atoms with E-state index in [-0.39, 0.29) is 18.4 Å². The summed E-state index contributed by atoms with van der Waals surface area (Å²) in [6.07, 6.45) is 8.52. The highest BCUT2D eigenvalue weighted by atomic mass is 35.5. The fourth-order valence-electron chi connectivity index (χ4n) is 2.23. The van der Waals surface area contributed by atoms with Crippen molar-refractivity contribution in [1.82, 2.24) is 4.98 Å². The number of nitrogens with zero attached hydrogens (tertiary/aromatic N) is 1. The molecule has 1 fully saturated rings. The van der Waals surface area contributed by atoms with Crippen LogP contribution in [0, 0.1) is 5.92 Å². The van der Waals surface area contributed by atoms with E-state index < -0.39 is 0 Å². The minimum atomic E-state index is 0. The molecule has 0 aromatic carbocycles. The zero-order valence-corrected chi connectivity index (χ0v) is 10.1. The molecular weight excluding hydrogens is 231 g/mol. The summed E-state index contributed by atoms with van der Waals surface area (Å²) in [4.78, 5) is 3.97. The lowest BCUT2D eigenvalue weighted by atomic mass is 9.93. The number of hydrogen-bond acceptors (Lipinski definition) is 2. The van der Waals surface area contributed by atoms with Crippen LogP contribution < -0.4 is 5.73 Å². The van der Waals surface area contributed by atoms with E-state index in [1.54, 1.807) is 12.4 Å². The number of aromatic nitrogens is 1. The van der Waals surface area contributed by atoms with Crippen molar-refractivity contribution in [3.05, 3.63) is 29.0 Å². The first-order chi connectivity index (χ1) is 6.79. The second-order valence-corrected chi connectivity index (χ2v) is 4.37. The van der Waals surface area contributed by atoms with Gasteiger partial charge in [0.05, 0.1) is 5.02 Å².